The second-order valence-electron chi connectivity index (χ2n) is 6.44. The molecule has 0 saturated carbocycles. The number of fused-ring (bicyclic) bond motifs is 1. The fourth-order valence-corrected chi connectivity index (χ4v) is 2.88. The molecule has 0 amide bonds. The summed E-state index contributed by atoms with van der Waals surface area (Å²) in [4.78, 5) is 30.3. The summed E-state index contributed by atoms with van der Waals surface area (Å²) in [7, 11) is 0. The van der Waals surface area contributed by atoms with E-state index in [0.717, 1.165) is 30.6 Å². The van der Waals surface area contributed by atoms with Crippen LogP contribution in [0.3, 0.4) is 0 Å². The number of hydrogen-bond acceptors (Lipinski definition) is 3. The number of rotatable bonds is 5. The van der Waals surface area contributed by atoms with Gasteiger partial charge in [-0.2, -0.15) is 0 Å². The van der Waals surface area contributed by atoms with E-state index < -0.39 is 0 Å². The van der Waals surface area contributed by atoms with Crippen molar-refractivity contribution in [1.29, 1.82) is 0 Å². The van der Waals surface area contributed by atoms with E-state index in [9.17, 15) is 9.59 Å². The molecule has 2 heterocycles. The van der Waals surface area contributed by atoms with Crippen molar-refractivity contribution in [3.05, 3.63) is 75.2 Å². The Labute approximate surface area is 147 Å². The van der Waals surface area contributed by atoms with Crippen LogP contribution in [0, 0.1) is 13.8 Å². The van der Waals surface area contributed by atoms with Gasteiger partial charge >= 0.3 is 0 Å². The maximum Gasteiger partial charge on any atom is 0.202 e. The van der Waals surface area contributed by atoms with E-state index in [0.29, 0.717) is 16.6 Å². The molecule has 0 radical (unpaired) electrons. The lowest BCUT2D eigenvalue weighted by molar-refractivity contribution is 0.103. The third-order valence-electron chi connectivity index (χ3n) is 4.37. The van der Waals surface area contributed by atoms with Crippen LogP contribution in [-0.4, -0.2) is 15.3 Å². The Morgan fingerprint density at radius 1 is 1.08 bits per heavy atom. The summed E-state index contributed by atoms with van der Waals surface area (Å²) in [6, 6.07) is 10.9. The number of pyridine rings is 2. The molecule has 0 aliphatic carbocycles. The van der Waals surface area contributed by atoms with E-state index in [-0.39, 0.29) is 16.8 Å². The average Bonchev–Trinajstić information content (AvgIpc) is 2.61. The maximum absolute atomic E-state index is 12.9. The van der Waals surface area contributed by atoms with Gasteiger partial charge in [0, 0.05) is 24.0 Å². The Bertz CT molecular complexity index is 985. The molecule has 0 aliphatic heterocycles. The lowest BCUT2D eigenvalue weighted by atomic mass is 10.0. The topological polar surface area (TPSA) is 52.0 Å². The summed E-state index contributed by atoms with van der Waals surface area (Å²) >= 11 is 0. The number of nitrogens with zero attached hydrogens (tertiary/aromatic N) is 2. The smallest absolute Gasteiger partial charge is 0.202 e. The molecule has 0 aliphatic rings. The summed E-state index contributed by atoms with van der Waals surface area (Å²) in [5.41, 5.74) is 3.08. The van der Waals surface area contributed by atoms with E-state index in [1.807, 2.05) is 36.6 Å². The molecule has 4 heteroatoms. The van der Waals surface area contributed by atoms with Crippen molar-refractivity contribution in [1.82, 2.24) is 9.55 Å². The largest absolute Gasteiger partial charge is 0.332 e. The quantitative estimate of drug-likeness (QED) is 0.662. The molecule has 2 aromatic heterocycles. The molecule has 0 unspecified atom stereocenters. The number of ketones is 1. The lowest BCUT2D eigenvalue weighted by Gasteiger charge is -2.12. The Balaban J connectivity index is 2.19. The number of aromatic nitrogens is 2. The van der Waals surface area contributed by atoms with Crippen LogP contribution in [0.25, 0.3) is 11.0 Å². The molecular weight excluding hydrogens is 312 g/mol. The van der Waals surface area contributed by atoms with Crippen molar-refractivity contribution in [2.24, 2.45) is 0 Å². The van der Waals surface area contributed by atoms with Crippen LogP contribution in [0.4, 0.5) is 0 Å². The Morgan fingerprint density at radius 2 is 1.80 bits per heavy atom. The van der Waals surface area contributed by atoms with Gasteiger partial charge in [-0.05, 0) is 32.4 Å². The zero-order valence-corrected chi connectivity index (χ0v) is 14.9. The zero-order valence-electron chi connectivity index (χ0n) is 14.9. The van der Waals surface area contributed by atoms with E-state index >= 15 is 0 Å². The summed E-state index contributed by atoms with van der Waals surface area (Å²) < 4.78 is 1.94. The monoisotopic (exact) mass is 334 g/mol. The van der Waals surface area contributed by atoms with Gasteiger partial charge in [0.15, 0.2) is 5.78 Å². The maximum atomic E-state index is 12.9. The average molecular weight is 334 g/mol. The fraction of sp³-hybridized carbons (Fsp3) is 0.286. The van der Waals surface area contributed by atoms with Crippen LogP contribution in [0.2, 0.25) is 0 Å². The van der Waals surface area contributed by atoms with Crippen LogP contribution < -0.4 is 5.43 Å². The first-order valence-corrected chi connectivity index (χ1v) is 8.63. The summed E-state index contributed by atoms with van der Waals surface area (Å²) in [5, 5.41) is 0.500. The Hall–Kier alpha value is -2.75. The van der Waals surface area contributed by atoms with E-state index in [1.165, 1.54) is 0 Å². The highest BCUT2D eigenvalue weighted by Crippen LogP contribution is 2.15. The number of carbonyl (C=O) groups is 1. The van der Waals surface area contributed by atoms with Gasteiger partial charge in [-0.3, -0.25) is 9.59 Å². The molecule has 0 bridgehead atoms. The minimum absolute atomic E-state index is 0.207. The van der Waals surface area contributed by atoms with Crippen molar-refractivity contribution in [3.63, 3.8) is 0 Å². The molecule has 0 N–H and O–H groups in total. The molecule has 0 saturated heterocycles. The molecule has 0 spiro atoms. The van der Waals surface area contributed by atoms with Crippen LogP contribution in [-0.2, 0) is 6.54 Å². The number of unbranched alkanes of at least 4 members (excludes halogenated alkanes) is 1. The standard InChI is InChI=1S/C21H22N2O2/c1-4-5-12-23-13-18(19(24)16-9-6-14(2)7-10-16)20(25)17-11-8-15(3)22-21(17)23/h6-11,13H,4-5,12H2,1-3H3. The van der Waals surface area contributed by atoms with Crippen molar-refractivity contribution >= 4 is 16.8 Å². The number of aryl methyl sites for hydroxylation is 3. The fourth-order valence-electron chi connectivity index (χ4n) is 2.88. The molecular formula is C21H22N2O2. The van der Waals surface area contributed by atoms with Crippen molar-refractivity contribution < 1.29 is 4.79 Å². The van der Waals surface area contributed by atoms with Gasteiger partial charge in [0.05, 0.1) is 10.9 Å². The first-order chi connectivity index (χ1) is 12.0. The Morgan fingerprint density at radius 3 is 2.48 bits per heavy atom. The molecule has 0 fully saturated rings. The molecule has 3 rings (SSSR count). The lowest BCUT2D eigenvalue weighted by Crippen LogP contribution is -2.20. The van der Waals surface area contributed by atoms with Crippen LogP contribution in [0.15, 0.2) is 47.4 Å². The van der Waals surface area contributed by atoms with Gasteiger partial charge in [-0.15, -0.1) is 0 Å². The summed E-state index contributed by atoms with van der Waals surface area (Å²) in [6.07, 6.45) is 3.67. The van der Waals surface area contributed by atoms with Crippen LogP contribution >= 0.6 is 0 Å². The van der Waals surface area contributed by atoms with E-state index in [4.69, 9.17) is 0 Å². The molecule has 0 atom stereocenters. The first kappa shape index (κ1) is 17.1. The molecule has 128 valence electrons. The summed E-state index contributed by atoms with van der Waals surface area (Å²) in [5.74, 6) is -0.238. The minimum atomic E-state index is -0.249. The van der Waals surface area contributed by atoms with Gasteiger partial charge in [0.1, 0.15) is 5.65 Å². The highest BCUT2D eigenvalue weighted by atomic mass is 16.1. The minimum Gasteiger partial charge on any atom is -0.332 e. The third kappa shape index (κ3) is 3.38. The normalized spacial score (nSPS) is 11.0. The van der Waals surface area contributed by atoms with Gasteiger partial charge in [-0.25, -0.2) is 4.98 Å². The second-order valence-corrected chi connectivity index (χ2v) is 6.44. The number of hydrogen-bond donors (Lipinski definition) is 0. The van der Waals surface area contributed by atoms with Gasteiger partial charge in [0.25, 0.3) is 0 Å². The van der Waals surface area contributed by atoms with Gasteiger partial charge in [0.2, 0.25) is 5.43 Å². The first-order valence-electron chi connectivity index (χ1n) is 8.63. The highest BCUT2D eigenvalue weighted by molar-refractivity contribution is 6.10. The van der Waals surface area contributed by atoms with Gasteiger partial charge in [-0.1, -0.05) is 43.2 Å². The predicted molar refractivity (Wildman–Crippen MR) is 100 cm³/mol. The number of benzene rings is 1. The van der Waals surface area contributed by atoms with Crippen molar-refractivity contribution in [2.75, 3.05) is 0 Å². The van der Waals surface area contributed by atoms with Crippen molar-refractivity contribution in [3.8, 4) is 0 Å². The van der Waals surface area contributed by atoms with Crippen molar-refractivity contribution in [2.45, 2.75) is 40.2 Å². The number of carbonyl (C=O) groups excluding carboxylic acids is 1. The predicted octanol–water partition coefficient (Wildman–Crippen LogP) is 4.04. The second kappa shape index (κ2) is 7.01. The zero-order chi connectivity index (χ0) is 18.0. The Kier molecular flexibility index (Phi) is 4.79. The van der Waals surface area contributed by atoms with Crippen LogP contribution in [0.1, 0.15) is 46.9 Å². The molecule has 4 nitrogen and oxygen atoms in total. The SMILES string of the molecule is CCCCn1cc(C(=O)c2ccc(C)cc2)c(=O)c2ccc(C)nc21. The van der Waals surface area contributed by atoms with Gasteiger partial charge < -0.3 is 4.57 Å². The van der Waals surface area contributed by atoms with Crippen LogP contribution in [0.5, 0.6) is 0 Å². The molecule has 3 aromatic rings. The van der Waals surface area contributed by atoms with E-state index in [1.54, 1.807) is 24.4 Å². The highest BCUT2D eigenvalue weighted by Gasteiger charge is 2.17. The third-order valence-corrected chi connectivity index (χ3v) is 4.37. The van der Waals surface area contributed by atoms with E-state index in [2.05, 4.69) is 11.9 Å². The molecule has 1 aromatic carbocycles. The molecule has 25 heavy (non-hydrogen) atoms. The summed E-state index contributed by atoms with van der Waals surface area (Å²) in [6.45, 7) is 6.72.